The molecule has 1 amide bonds. The van der Waals surface area contributed by atoms with Crippen molar-refractivity contribution in [1.82, 2.24) is 15.4 Å². The fourth-order valence-corrected chi connectivity index (χ4v) is 3.15. The van der Waals surface area contributed by atoms with Gasteiger partial charge in [0.25, 0.3) is 5.91 Å². The first-order valence-electron chi connectivity index (χ1n) is 10.1. The SMILES string of the molecule is CCCOc1cccc(-c2cc(C(=O)N/N=C/c3ccncc3)c3ccccc3n2)c1. The van der Waals surface area contributed by atoms with Crippen LogP contribution in [0.5, 0.6) is 5.75 Å². The maximum Gasteiger partial charge on any atom is 0.272 e. The number of carbonyl (C=O) groups excluding carboxylic acids is 1. The third kappa shape index (κ3) is 4.93. The van der Waals surface area contributed by atoms with Crippen LogP contribution < -0.4 is 10.2 Å². The fourth-order valence-electron chi connectivity index (χ4n) is 3.15. The summed E-state index contributed by atoms with van der Waals surface area (Å²) in [6.07, 6.45) is 5.86. The fraction of sp³-hybridized carbons (Fsp3) is 0.120. The molecule has 2 aromatic heterocycles. The Bertz CT molecular complexity index is 1220. The van der Waals surface area contributed by atoms with Crippen LogP contribution in [0.15, 0.2) is 84.2 Å². The molecule has 4 rings (SSSR count). The van der Waals surface area contributed by atoms with Gasteiger partial charge in [-0.2, -0.15) is 5.10 Å². The van der Waals surface area contributed by atoms with Gasteiger partial charge in [0.2, 0.25) is 0 Å². The van der Waals surface area contributed by atoms with Crippen molar-refractivity contribution in [2.24, 2.45) is 5.10 Å². The molecule has 31 heavy (non-hydrogen) atoms. The van der Waals surface area contributed by atoms with Gasteiger partial charge in [0.05, 0.1) is 29.6 Å². The number of para-hydroxylation sites is 1. The second-order valence-electron chi connectivity index (χ2n) is 6.93. The average molecular weight is 410 g/mol. The van der Waals surface area contributed by atoms with E-state index in [4.69, 9.17) is 9.72 Å². The maximum absolute atomic E-state index is 13.0. The lowest BCUT2D eigenvalue weighted by Crippen LogP contribution is -2.18. The van der Waals surface area contributed by atoms with Gasteiger partial charge in [0, 0.05) is 23.3 Å². The molecule has 0 aliphatic heterocycles. The van der Waals surface area contributed by atoms with E-state index in [-0.39, 0.29) is 5.91 Å². The van der Waals surface area contributed by atoms with Crippen LogP contribution >= 0.6 is 0 Å². The molecule has 2 aromatic carbocycles. The third-order valence-electron chi connectivity index (χ3n) is 4.65. The van der Waals surface area contributed by atoms with Crippen molar-refractivity contribution < 1.29 is 9.53 Å². The van der Waals surface area contributed by atoms with Crippen LogP contribution in [0.4, 0.5) is 0 Å². The molecular weight excluding hydrogens is 388 g/mol. The van der Waals surface area contributed by atoms with E-state index >= 15 is 0 Å². The average Bonchev–Trinajstić information content (AvgIpc) is 2.83. The molecule has 0 fully saturated rings. The number of benzene rings is 2. The zero-order chi connectivity index (χ0) is 21.5. The van der Waals surface area contributed by atoms with Gasteiger partial charge in [0.1, 0.15) is 5.75 Å². The summed E-state index contributed by atoms with van der Waals surface area (Å²) in [7, 11) is 0. The van der Waals surface area contributed by atoms with E-state index in [1.807, 2.05) is 60.7 Å². The number of nitrogens with one attached hydrogen (secondary N) is 1. The summed E-state index contributed by atoms with van der Waals surface area (Å²) >= 11 is 0. The molecule has 0 spiro atoms. The van der Waals surface area contributed by atoms with Crippen molar-refractivity contribution in [2.75, 3.05) is 6.61 Å². The van der Waals surface area contributed by atoms with Crippen molar-refractivity contribution in [2.45, 2.75) is 13.3 Å². The molecule has 154 valence electrons. The van der Waals surface area contributed by atoms with E-state index in [1.165, 1.54) is 0 Å². The molecule has 4 aromatic rings. The van der Waals surface area contributed by atoms with Crippen LogP contribution in [0, 0.1) is 0 Å². The summed E-state index contributed by atoms with van der Waals surface area (Å²) in [5.41, 5.74) is 6.29. The summed E-state index contributed by atoms with van der Waals surface area (Å²) in [6, 6.07) is 20.7. The molecule has 0 atom stereocenters. The Balaban J connectivity index is 1.67. The molecule has 2 heterocycles. The van der Waals surface area contributed by atoms with Crippen molar-refractivity contribution in [3.63, 3.8) is 0 Å². The predicted molar refractivity (Wildman–Crippen MR) is 122 cm³/mol. The van der Waals surface area contributed by atoms with Crippen LogP contribution in [-0.2, 0) is 0 Å². The largest absolute Gasteiger partial charge is 0.494 e. The Morgan fingerprint density at radius 2 is 1.90 bits per heavy atom. The van der Waals surface area contributed by atoms with Crippen molar-refractivity contribution in [1.29, 1.82) is 0 Å². The number of amides is 1. The van der Waals surface area contributed by atoms with E-state index in [9.17, 15) is 4.79 Å². The quantitative estimate of drug-likeness (QED) is 0.349. The van der Waals surface area contributed by atoms with E-state index in [0.717, 1.165) is 34.2 Å². The van der Waals surface area contributed by atoms with E-state index in [1.54, 1.807) is 24.7 Å². The lowest BCUT2D eigenvalue weighted by molar-refractivity contribution is 0.0956. The minimum atomic E-state index is -0.302. The predicted octanol–water partition coefficient (Wildman–Crippen LogP) is 4.85. The molecule has 0 aliphatic carbocycles. The number of rotatable bonds is 7. The number of nitrogens with zero attached hydrogens (tertiary/aromatic N) is 3. The van der Waals surface area contributed by atoms with Crippen LogP contribution in [0.1, 0.15) is 29.3 Å². The van der Waals surface area contributed by atoms with Gasteiger partial charge in [-0.25, -0.2) is 10.4 Å². The van der Waals surface area contributed by atoms with Crippen LogP contribution in [0.3, 0.4) is 0 Å². The highest BCUT2D eigenvalue weighted by molar-refractivity contribution is 6.07. The normalized spacial score (nSPS) is 11.0. The molecule has 1 N–H and O–H groups in total. The first-order chi connectivity index (χ1) is 15.2. The number of carbonyl (C=O) groups is 1. The van der Waals surface area contributed by atoms with Crippen LogP contribution in [0.2, 0.25) is 0 Å². The van der Waals surface area contributed by atoms with Crippen molar-refractivity contribution >= 4 is 23.0 Å². The zero-order valence-electron chi connectivity index (χ0n) is 17.2. The monoisotopic (exact) mass is 410 g/mol. The van der Waals surface area contributed by atoms with Gasteiger partial charge in [0.15, 0.2) is 0 Å². The Labute approximate surface area is 180 Å². The number of aromatic nitrogens is 2. The van der Waals surface area contributed by atoms with Gasteiger partial charge in [-0.05, 0) is 48.4 Å². The van der Waals surface area contributed by atoms with E-state index < -0.39 is 0 Å². The molecule has 6 nitrogen and oxygen atoms in total. The molecule has 0 bridgehead atoms. The Hall–Kier alpha value is -4.06. The molecule has 0 unspecified atom stereocenters. The highest BCUT2D eigenvalue weighted by Crippen LogP contribution is 2.27. The highest BCUT2D eigenvalue weighted by atomic mass is 16.5. The minimum absolute atomic E-state index is 0.302. The van der Waals surface area contributed by atoms with Gasteiger partial charge >= 0.3 is 0 Å². The van der Waals surface area contributed by atoms with Crippen molar-refractivity contribution in [3.05, 3.63) is 90.3 Å². The number of hydrazone groups is 1. The standard InChI is InChI=1S/C25H22N4O2/c1-2-14-31-20-7-5-6-19(15-20)24-16-22(21-8-3-4-9-23(21)28-24)25(30)29-27-17-18-10-12-26-13-11-18/h3-13,15-17H,2,14H2,1H3,(H,29,30)/b27-17+. The topological polar surface area (TPSA) is 76.5 Å². The summed E-state index contributed by atoms with van der Waals surface area (Å²) in [5, 5.41) is 4.85. The van der Waals surface area contributed by atoms with Gasteiger partial charge in [-0.3, -0.25) is 9.78 Å². The number of pyridine rings is 2. The third-order valence-corrected chi connectivity index (χ3v) is 4.65. The van der Waals surface area contributed by atoms with Crippen LogP contribution in [-0.4, -0.2) is 28.7 Å². The van der Waals surface area contributed by atoms with E-state index in [0.29, 0.717) is 17.9 Å². The minimum Gasteiger partial charge on any atom is -0.494 e. The van der Waals surface area contributed by atoms with Crippen LogP contribution in [0.25, 0.3) is 22.2 Å². The molecule has 0 radical (unpaired) electrons. The summed E-state index contributed by atoms with van der Waals surface area (Å²) in [4.78, 5) is 21.7. The highest BCUT2D eigenvalue weighted by Gasteiger charge is 2.14. The Kier molecular flexibility index (Phi) is 6.28. The molecule has 0 saturated heterocycles. The first-order valence-corrected chi connectivity index (χ1v) is 10.1. The second-order valence-corrected chi connectivity index (χ2v) is 6.93. The maximum atomic E-state index is 13.0. The van der Waals surface area contributed by atoms with Crippen molar-refractivity contribution in [3.8, 4) is 17.0 Å². The molecule has 0 saturated carbocycles. The van der Waals surface area contributed by atoms with Gasteiger partial charge < -0.3 is 4.74 Å². The van der Waals surface area contributed by atoms with E-state index in [2.05, 4.69) is 22.4 Å². The number of fused-ring (bicyclic) bond motifs is 1. The van der Waals surface area contributed by atoms with Gasteiger partial charge in [-0.1, -0.05) is 37.3 Å². The number of ether oxygens (including phenoxy) is 1. The first kappa shape index (κ1) is 20.2. The molecule has 0 aliphatic rings. The molecular formula is C25H22N4O2. The number of hydrogen-bond acceptors (Lipinski definition) is 5. The lowest BCUT2D eigenvalue weighted by atomic mass is 10.0. The number of hydrogen-bond donors (Lipinski definition) is 1. The zero-order valence-corrected chi connectivity index (χ0v) is 17.2. The summed E-state index contributed by atoms with van der Waals surface area (Å²) in [6.45, 7) is 2.72. The Morgan fingerprint density at radius 3 is 2.74 bits per heavy atom. The summed E-state index contributed by atoms with van der Waals surface area (Å²) in [5.74, 6) is 0.478. The molecule has 6 heteroatoms. The second kappa shape index (κ2) is 9.63. The lowest BCUT2D eigenvalue weighted by Gasteiger charge is -2.10. The summed E-state index contributed by atoms with van der Waals surface area (Å²) < 4.78 is 5.75. The smallest absolute Gasteiger partial charge is 0.272 e. The van der Waals surface area contributed by atoms with Gasteiger partial charge in [-0.15, -0.1) is 0 Å². The Morgan fingerprint density at radius 1 is 1.06 bits per heavy atom.